The molecule has 2 heterocycles. The minimum absolute atomic E-state index is 0.00939. The molecule has 0 aliphatic heterocycles. The number of carbonyl (C=O) groups is 1. The molecular formula is C25H22N2O5S2. The van der Waals surface area contributed by atoms with Crippen molar-refractivity contribution in [1.29, 1.82) is 0 Å². The molecule has 0 spiro atoms. The average Bonchev–Trinajstić information content (AvgIpc) is 3.39. The number of fused-ring (bicyclic) bond motifs is 1. The first kappa shape index (κ1) is 23.6. The van der Waals surface area contributed by atoms with Crippen LogP contribution in [0.1, 0.15) is 21.6 Å². The van der Waals surface area contributed by atoms with Crippen LogP contribution in [0.5, 0.6) is 5.75 Å². The van der Waals surface area contributed by atoms with Gasteiger partial charge in [-0.3, -0.25) is 4.79 Å². The molecule has 3 N–H and O–H groups in total. The fourth-order valence-electron chi connectivity index (χ4n) is 3.62. The zero-order valence-electron chi connectivity index (χ0n) is 18.4. The molecule has 34 heavy (non-hydrogen) atoms. The monoisotopic (exact) mass is 494 g/mol. The fraction of sp³-hybridized carbons (Fsp3) is 0.160. The molecule has 0 saturated heterocycles. The molecule has 9 heteroatoms. The lowest BCUT2D eigenvalue weighted by Crippen LogP contribution is -2.42. The molecule has 174 valence electrons. The molecule has 0 fully saturated rings. The number of rotatable bonds is 6. The average molecular weight is 495 g/mol. The van der Waals surface area contributed by atoms with Crippen molar-refractivity contribution in [2.75, 3.05) is 0 Å². The Morgan fingerprint density at radius 3 is 2.56 bits per heavy atom. The van der Waals surface area contributed by atoms with Crippen LogP contribution in [0, 0.1) is 18.8 Å². The van der Waals surface area contributed by atoms with E-state index < -0.39 is 22.0 Å². The standard InChI is InChI=1S/C25H22N2O5S2/c1-16-6-8-17(9-7-16)10-11-19-12-13-23(33-19)34(31,32)26-20(25(29)30)14-18-15-27(2)21-4-3-5-22(28)24(18)21/h3-9,12-13,15,20,26,28H,14H2,1-2H3,(H,29,30)/t20-/m1/s1. The lowest BCUT2D eigenvalue weighted by Gasteiger charge is -2.14. The fourth-order valence-corrected chi connectivity index (χ4v) is 5.99. The molecule has 2 aromatic heterocycles. The van der Waals surface area contributed by atoms with E-state index in [4.69, 9.17) is 0 Å². The number of nitrogens with zero attached hydrogens (tertiary/aromatic N) is 1. The summed E-state index contributed by atoms with van der Waals surface area (Å²) in [5.41, 5.74) is 3.18. The lowest BCUT2D eigenvalue weighted by molar-refractivity contribution is -0.138. The molecule has 0 radical (unpaired) electrons. The van der Waals surface area contributed by atoms with Gasteiger partial charge in [0.2, 0.25) is 0 Å². The number of aliphatic carboxylic acids is 1. The number of aromatic nitrogens is 1. The molecule has 0 bridgehead atoms. The second-order valence-corrected chi connectivity index (χ2v) is 10.9. The number of aromatic hydroxyl groups is 1. The molecule has 7 nitrogen and oxygen atoms in total. The van der Waals surface area contributed by atoms with E-state index in [1.54, 1.807) is 36.0 Å². The molecule has 1 atom stereocenters. The summed E-state index contributed by atoms with van der Waals surface area (Å²) in [6, 6.07) is 14.2. The Hall–Kier alpha value is -3.58. The van der Waals surface area contributed by atoms with E-state index in [1.165, 1.54) is 12.1 Å². The van der Waals surface area contributed by atoms with Gasteiger partial charge in [-0.2, -0.15) is 4.72 Å². The largest absolute Gasteiger partial charge is 0.507 e. The molecule has 0 aliphatic carbocycles. The maximum Gasteiger partial charge on any atom is 0.322 e. The molecule has 2 aromatic carbocycles. The number of benzene rings is 2. The molecule has 0 unspecified atom stereocenters. The number of nitrogens with one attached hydrogen (secondary N) is 1. The van der Waals surface area contributed by atoms with E-state index in [0.717, 1.165) is 28.0 Å². The van der Waals surface area contributed by atoms with Crippen molar-refractivity contribution in [2.24, 2.45) is 7.05 Å². The minimum Gasteiger partial charge on any atom is -0.507 e. The first-order valence-electron chi connectivity index (χ1n) is 10.3. The summed E-state index contributed by atoms with van der Waals surface area (Å²) in [4.78, 5) is 12.5. The summed E-state index contributed by atoms with van der Waals surface area (Å²) in [6.07, 6.45) is 1.56. The van der Waals surface area contributed by atoms with Crippen molar-refractivity contribution in [3.05, 3.63) is 82.4 Å². The van der Waals surface area contributed by atoms with Crippen LogP contribution in [0.3, 0.4) is 0 Å². The predicted octanol–water partition coefficient (Wildman–Crippen LogP) is 3.63. The normalized spacial score (nSPS) is 12.3. The van der Waals surface area contributed by atoms with Gasteiger partial charge in [-0.25, -0.2) is 8.42 Å². The van der Waals surface area contributed by atoms with Crippen LogP contribution in [0.15, 0.2) is 65.0 Å². The third kappa shape index (κ3) is 4.99. The van der Waals surface area contributed by atoms with Crippen LogP contribution in [0.4, 0.5) is 0 Å². The Bertz CT molecular complexity index is 1540. The van der Waals surface area contributed by atoms with Gasteiger partial charge in [-0.15, -0.1) is 11.3 Å². The molecule has 4 aromatic rings. The maximum absolute atomic E-state index is 12.9. The number of aryl methyl sites for hydroxylation is 2. The Morgan fingerprint density at radius 1 is 1.12 bits per heavy atom. The lowest BCUT2D eigenvalue weighted by atomic mass is 10.1. The molecule has 4 rings (SSSR count). The zero-order valence-corrected chi connectivity index (χ0v) is 20.1. The highest BCUT2D eigenvalue weighted by atomic mass is 32.2. The van der Waals surface area contributed by atoms with E-state index in [-0.39, 0.29) is 16.4 Å². The third-order valence-corrected chi connectivity index (χ3v) is 8.28. The van der Waals surface area contributed by atoms with Gasteiger partial charge in [-0.05, 0) is 48.9 Å². The van der Waals surface area contributed by atoms with Gasteiger partial charge in [0, 0.05) is 30.6 Å². The highest BCUT2D eigenvalue weighted by Gasteiger charge is 2.28. The van der Waals surface area contributed by atoms with Gasteiger partial charge in [0.1, 0.15) is 16.0 Å². The Morgan fingerprint density at radius 2 is 1.85 bits per heavy atom. The van der Waals surface area contributed by atoms with Crippen molar-refractivity contribution < 1.29 is 23.4 Å². The summed E-state index contributed by atoms with van der Waals surface area (Å²) in [5.74, 6) is 4.64. The van der Waals surface area contributed by atoms with Crippen molar-refractivity contribution >= 4 is 38.2 Å². The van der Waals surface area contributed by atoms with Gasteiger partial charge in [0.05, 0.1) is 10.4 Å². The summed E-state index contributed by atoms with van der Waals surface area (Å²) < 4.78 is 29.9. The minimum atomic E-state index is -4.10. The molecule has 0 amide bonds. The first-order valence-corrected chi connectivity index (χ1v) is 12.6. The third-order valence-electron chi connectivity index (χ3n) is 5.32. The van der Waals surface area contributed by atoms with E-state index in [9.17, 15) is 23.4 Å². The molecule has 0 aliphatic rings. The number of thiophene rings is 1. The SMILES string of the molecule is Cc1ccc(C#Cc2ccc(S(=O)(=O)N[C@H](Cc3cn(C)c4cccc(O)c34)C(=O)O)s2)cc1. The van der Waals surface area contributed by atoms with E-state index in [0.29, 0.717) is 15.8 Å². The first-order chi connectivity index (χ1) is 16.1. The highest BCUT2D eigenvalue weighted by Crippen LogP contribution is 2.30. The zero-order chi connectivity index (χ0) is 24.5. The summed E-state index contributed by atoms with van der Waals surface area (Å²) in [6.45, 7) is 1.98. The Kier molecular flexibility index (Phi) is 6.48. The summed E-state index contributed by atoms with van der Waals surface area (Å²) in [5, 5.41) is 20.5. The van der Waals surface area contributed by atoms with E-state index >= 15 is 0 Å². The Balaban J connectivity index is 1.56. The number of sulfonamides is 1. The van der Waals surface area contributed by atoms with E-state index in [1.807, 2.05) is 31.2 Å². The number of carboxylic acids is 1. The number of hydrogen-bond acceptors (Lipinski definition) is 5. The Labute approximate surface area is 201 Å². The van der Waals surface area contributed by atoms with Gasteiger partial charge in [0.25, 0.3) is 10.0 Å². The van der Waals surface area contributed by atoms with Crippen LogP contribution < -0.4 is 4.72 Å². The van der Waals surface area contributed by atoms with Gasteiger partial charge < -0.3 is 14.8 Å². The van der Waals surface area contributed by atoms with Crippen LogP contribution in [0.25, 0.3) is 10.9 Å². The van der Waals surface area contributed by atoms with Gasteiger partial charge in [0.15, 0.2) is 0 Å². The topological polar surface area (TPSA) is 109 Å². The van der Waals surface area contributed by atoms with Crippen LogP contribution in [0.2, 0.25) is 0 Å². The van der Waals surface area contributed by atoms with Crippen molar-refractivity contribution in [3.63, 3.8) is 0 Å². The second kappa shape index (κ2) is 9.35. The summed E-state index contributed by atoms with van der Waals surface area (Å²) in [7, 11) is -2.32. The van der Waals surface area contributed by atoms with E-state index in [2.05, 4.69) is 16.6 Å². The number of phenolic OH excluding ortho intramolecular Hbond substituents is 1. The van der Waals surface area contributed by atoms with Crippen molar-refractivity contribution in [2.45, 2.75) is 23.6 Å². The predicted molar refractivity (Wildman–Crippen MR) is 132 cm³/mol. The van der Waals surface area contributed by atoms with Crippen LogP contribution in [-0.4, -0.2) is 35.2 Å². The summed E-state index contributed by atoms with van der Waals surface area (Å²) >= 11 is 0.970. The quantitative estimate of drug-likeness (QED) is 0.355. The van der Waals surface area contributed by atoms with Crippen LogP contribution in [-0.2, 0) is 28.3 Å². The number of phenols is 1. The molecule has 0 saturated carbocycles. The smallest absolute Gasteiger partial charge is 0.322 e. The number of carboxylic acid groups (broad SMARTS) is 1. The number of hydrogen-bond donors (Lipinski definition) is 3. The van der Waals surface area contributed by atoms with Crippen molar-refractivity contribution in [1.82, 2.24) is 9.29 Å². The molecular weight excluding hydrogens is 472 g/mol. The van der Waals surface area contributed by atoms with Gasteiger partial charge in [-0.1, -0.05) is 35.6 Å². The van der Waals surface area contributed by atoms with Gasteiger partial charge >= 0.3 is 5.97 Å². The highest BCUT2D eigenvalue weighted by molar-refractivity contribution is 7.91. The van der Waals surface area contributed by atoms with Crippen molar-refractivity contribution in [3.8, 4) is 17.6 Å². The van der Waals surface area contributed by atoms with Crippen LogP contribution >= 0.6 is 11.3 Å². The second-order valence-electron chi connectivity index (χ2n) is 7.89. The maximum atomic E-state index is 12.9.